The number of aliphatic hydroxyl groups excluding tert-OH is 2. The molecule has 1 unspecified atom stereocenters. The molecule has 2 N–H and O–H groups in total. The molecule has 0 aromatic carbocycles. The van der Waals surface area contributed by atoms with Crippen LogP contribution in [-0.4, -0.2) is 30.8 Å². The molecule has 0 aromatic heterocycles. The molecule has 0 saturated heterocycles. The van der Waals surface area contributed by atoms with E-state index < -0.39 is 6.10 Å². The summed E-state index contributed by atoms with van der Waals surface area (Å²) in [4.78, 5) is 0. The summed E-state index contributed by atoms with van der Waals surface area (Å²) in [6.07, 6.45) is 4.16. The van der Waals surface area contributed by atoms with Gasteiger partial charge < -0.3 is 16.5 Å². The maximum Gasteiger partial charge on any atom is 2.00 e. The standard InChI is InChI=1S/C8H15BO2.V/c1-2-3-7(6-9)8(11)4-5-10;/h4,6-8,10-11H,2-3,5H2,1H3;/q-2;+2/t7?,8-;/m1./s1. The van der Waals surface area contributed by atoms with Crippen LogP contribution < -0.4 is 0 Å². The van der Waals surface area contributed by atoms with Gasteiger partial charge in [0.25, 0.3) is 0 Å². The first-order chi connectivity index (χ1) is 5.26. The van der Waals surface area contributed by atoms with Crippen LogP contribution in [0.1, 0.15) is 19.8 Å². The first-order valence-corrected chi connectivity index (χ1v) is 3.93. The van der Waals surface area contributed by atoms with Gasteiger partial charge in [-0.15, -0.1) is 0 Å². The Labute approximate surface area is 88.0 Å². The minimum absolute atomic E-state index is 0. The number of hydrogen-bond donors (Lipinski definition) is 2. The van der Waals surface area contributed by atoms with Gasteiger partial charge in [-0.05, 0) is 0 Å². The van der Waals surface area contributed by atoms with Gasteiger partial charge >= 0.3 is 18.6 Å². The van der Waals surface area contributed by atoms with Crippen LogP contribution in [0.5, 0.6) is 0 Å². The van der Waals surface area contributed by atoms with Crippen molar-refractivity contribution in [3.05, 3.63) is 12.7 Å². The minimum Gasteiger partial charge on any atom is -0.428 e. The molecule has 67 valence electrons. The Morgan fingerprint density at radius 2 is 2.08 bits per heavy atom. The SMILES string of the molecule is [B][CH-]C(CCC)[C@H](O)[CH-]CO.[V+2]. The third-order valence-corrected chi connectivity index (χ3v) is 1.65. The molecule has 2 nitrogen and oxygen atoms in total. The van der Waals surface area contributed by atoms with E-state index in [0.29, 0.717) is 0 Å². The Balaban J connectivity index is 0. The van der Waals surface area contributed by atoms with Crippen molar-refractivity contribution in [2.75, 3.05) is 6.61 Å². The average Bonchev–Trinajstić information content (AvgIpc) is 2.00. The van der Waals surface area contributed by atoms with E-state index in [2.05, 4.69) is 0 Å². The Morgan fingerprint density at radius 1 is 1.50 bits per heavy atom. The first-order valence-electron chi connectivity index (χ1n) is 3.93. The van der Waals surface area contributed by atoms with Gasteiger partial charge in [0.15, 0.2) is 0 Å². The quantitative estimate of drug-likeness (QED) is 0.483. The monoisotopic (exact) mass is 205 g/mol. The van der Waals surface area contributed by atoms with E-state index in [9.17, 15) is 5.11 Å². The molecule has 0 bridgehead atoms. The summed E-state index contributed by atoms with van der Waals surface area (Å²) >= 11 is 0. The van der Waals surface area contributed by atoms with Crippen LogP contribution in [0.4, 0.5) is 0 Å². The van der Waals surface area contributed by atoms with E-state index in [1.54, 1.807) is 0 Å². The van der Waals surface area contributed by atoms with Crippen molar-refractivity contribution in [2.24, 2.45) is 5.92 Å². The van der Waals surface area contributed by atoms with Gasteiger partial charge in [-0.25, -0.2) is 0 Å². The first kappa shape index (κ1) is 15.1. The summed E-state index contributed by atoms with van der Waals surface area (Å²) in [5.41, 5.74) is 0. The van der Waals surface area contributed by atoms with Crippen molar-refractivity contribution in [1.82, 2.24) is 0 Å². The van der Waals surface area contributed by atoms with Gasteiger partial charge in [0, 0.05) is 0 Å². The number of aliphatic hydroxyl groups is 2. The van der Waals surface area contributed by atoms with E-state index in [1.807, 2.05) is 6.92 Å². The fourth-order valence-corrected chi connectivity index (χ4v) is 0.997. The maximum atomic E-state index is 9.31. The van der Waals surface area contributed by atoms with E-state index >= 15 is 0 Å². The number of rotatable bonds is 6. The van der Waals surface area contributed by atoms with Crippen molar-refractivity contribution >= 4 is 7.85 Å². The molecule has 4 heteroatoms. The van der Waals surface area contributed by atoms with Crippen molar-refractivity contribution in [3.8, 4) is 0 Å². The van der Waals surface area contributed by atoms with Gasteiger partial charge in [0.2, 0.25) is 0 Å². The van der Waals surface area contributed by atoms with Crippen LogP contribution >= 0.6 is 0 Å². The molecule has 0 heterocycles. The topological polar surface area (TPSA) is 40.5 Å². The Morgan fingerprint density at radius 3 is 2.42 bits per heavy atom. The zero-order valence-corrected chi connectivity index (χ0v) is 8.75. The minimum atomic E-state index is -0.607. The number of hydrogen-bond acceptors (Lipinski definition) is 2. The summed E-state index contributed by atoms with van der Waals surface area (Å²) in [5, 5.41) is 17.8. The molecular formula is C8H15BO2V. The van der Waals surface area contributed by atoms with Crippen LogP contribution in [0.25, 0.3) is 0 Å². The summed E-state index contributed by atoms with van der Waals surface area (Å²) in [6.45, 7) is 1.93. The van der Waals surface area contributed by atoms with E-state index in [4.69, 9.17) is 13.0 Å². The predicted octanol–water partition coefficient (Wildman–Crippen LogP) is 0.288. The molecule has 0 aliphatic carbocycles. The van der Waals surface area contributed by atoms with Crippen molar-refractivity contribution in [1.29, 1.82) is 0 Å². The van der Waals surface area contributed by atoms with Gasteiger partial charge in [-0.2, -0.15) is 13.8 Å². The smallest absolute Gasteiger partial charge is 0.428 e. The van der Waals surface area contributed by atoms with Crippen molar-refractivity contribution in [2.45, 2.75) is 25.9 Å². The molecule has 2 atom stereocenters. The molecular weight excluding hydrogens is 190 g/mol. The molecule has 12 heavy (non-hydrogen) atoms. The molecule has 0 aliphatic heterocycles. The fraction of sp³-hybridized carbons (Fsp3) is 0.750. The molecule has 0 aromatic rings. The molecule has 0 rings (SSSR count). The average molecular weight is 205 g/mol. The molecule has 0 saturated carbocycles. The molecule has 0 amide bonds. The van der Waals surface area contributed by atoms with Crippen LogP contribution in [0, 0.1) is 18.7 Å². The molecule has 0 spiro atoms. The van der Waals surface area contributed by atoms with Crippen LogP contribution in [0.3, 0.4) is 0 Å². The predicted molar refractivity (Wildman–Crippen MR) is 45.8 cm³/mol. The summed E-state index contributed by atoms with van der Waals surface area (Å²) in [5.74, 6) is -0.0212. The largest absolute Gasteiger partial charge is 2.00 e. The summed E-state index contributed by atoms with van der Waals surface area (Å²) in [6, 6.07) is 0. The van der Waals surface area contributed by atoms with Crippen molar-refractivity contribution < 1.29 is 28.8 Å². The van der Waals surface area contributed by atoms with Crippen LogP contribution in [0.2, 0.25) is 0 Å². The second kappa shape index (κ2) is 9.66. The van der Waals surface area contributed by atoms with Crippen molar-refractivity contribution in [3.63, 3.8) is 0 Å². The summed E-state index contributed by atoms with van der Waals surface area (Å²) in [7, 11) is 5.30. The Bertz CT molecular complexity index is 93.1. The normalized spacial score (nSPS) is 14.9. The molecule has 0 aliphatic rings. The van der Waals surface area contributed by atoms with Gasteiger partial charge in [-0.3, -0.25) is 6.42 Å². The zero-order valence-electron chi connectivity index (χ0n) is 7.35. The molecule has 0 fully saturated rings. The third-order valence-electron chi connectivity index (χ3n) is 1.65. The Kier molecular flexibility index (Phi) is 12.1. The molecule has 3 radical (unpaired) electrons. The maximum absolute atomic E-state index is 9.31. The Hall–Kier alpha value is 0.569. The fourth-order valence-electron chi connectivity index (χ4n) is 0.997. The van der Waals surface area contributed by atoms with Crippen LogP contribution in [-0.2, 0) is 18.6 Å². The van der Waals surface area contributed by atoms with E-state index in [0.717, 1.165) is 12.8 Å². The van der Waals surface area contributed by atoms with Gasteiger partial charge in [0.05, 0.1) is 0 Å². The second-order valence-electron chi connectivity index (χ2n) is 2.55. The van der Waals surface area contributed by atoms with Gasteiger partial charge in [-0.1, -0.05) is 32.5 Å². The van der Waals surface area contributed by atoms with Gasteiger partial charge in [0.1, 0.15) is 0 Å². The summed E-state index contributed by atoms with van der Waals surface area (Å²) < 4.78 is 0. The third kappa shape index (κ3) is 6.13. The van der Waals surface area contributed by atoms with E-state index in [-0.39, 0.29) is 31.1 Å². The van der Waals surface area contributed by atoms with Crippen LogP contribution in [0.15, 0.2) is 0 Å². The second-order valence-corrected chi connectivity index (χ2v) is 2.55. The van der Waals surface area contributed by atoms with E-state index in [1.165, 1.54) is 12.7 Å². The zero-order chi connectivity index (χ0) is 8.69.